The zero-order valence-corrected chi connectivity index (χ0v) is 18.1. The molecule has 3 aromatic carbocycles. The summed E-state index contributed by atoms with van der Waals surface area (Å²) in [5, 5.41) is 2.47. The SMILES string of the molecule is COc1ccc(-n2c3ccccc3c3ccccc32)cc1B1OC(C)(C)C(C)(C)O1. The Labute approximate surface area is 177 Å². The molecule has 152 valence electrons. The van der Waals surface area contributed by atoms with Gasteiger partial charge in [0.2, 0.25) is 0 Å². The van der Waals surface area contributed by atoms with Crippen LogP contribution in [0.4, 0.5) is 0 Å². The Kier molecular flexibility index (Phi) is 4.25. The van der Waals surface area contributed by atoms with Gasteiger partial charge in [-0.3, -0.25) is 0 Å². The minimum atomic E-state index is -0.488. The first-order chi connectivity index (χ1) is 14.3. The van der Waals surface area contributed by atoms with Gasteiger partial charge in [-0.15, -0.1) is 0 Å². The molecule has 30 heavy (non-hydrogen) atoms. The lowest BCUT2D eigenvalue weighted by Crippen LogP contribution is -2.41. The average molecular weight is 399 g/mol. The molecule has 5 heteroatoms. The molecule has 0 aliphatic carbocycles. The lowest BCUT2D eigenvalue weighted by atomic mass is 9.78. The van der Waals surface area contributed by atoms with E-state index < -0.39 is 18.3 Å². The van der Waals surface area contributed by atoms with Crippen molar-refractivity contribution >= 4 is 34.4 Å². The highest BCUT2D eigenvalue weighted by atomic mass is 16.7. The molecule has 4 aromatic rings. The summed E-state index contributed by atoms with van der Waals surface area (Å²) in [5.74, 6) is 0.762. The Morgan fingerprint density at radius 1 is 0.767 bits per heavy atom. The van der Waals surface area contributed by atoms with Crippen molar-refractivity contribution in [3.63, 3.8) is 0 Å². The van der Waals surface area contributed by atoms with E-state index in [1.807, 2.05) is 6.07 Å². The van der Waals surface area contributed by atoms with Crippen LogP contribution in [0.15, 0.2) is 66.7 Å². The lowest BCUT2D eigenvalue weighted by Gasteiger charge is -2.32. The maximum absolute atomic E-state index is 6.33. The zero-order chi connectivity index (χ0) is 21.1. The molecule has 1 aliphatic heterocycles. The quantitative estimate of drug-likeness (QED) is 0.450. The lowest BCUT2D eigenvalue weighted by molar-refractivity contribution is 0.00578. The van der Waals surface area contributed by atoms with Gasteiger partial charge >= 0.3 is 7.12 Å². The fourth-order valence-corrected chi connectivity index (χ4v) is 4.22. The molecule has 1 aromatic heterocycles. The third kappa shape index (κ3) is 2.77. The minimum absolute atomic E-state index is 0.411. The van der Waals surface area contributed by atoms with Gasteiger partial charge in [-0.1, -0.05) is 36.4 Å². The predicted octanol–water partition coefficient (Wildman–Crippen LogP) is 5.09. The Morgan fingerprint density at radius 3 is 1.83 bits per heavy atom. The highest BCUT2D eigenvalue weighted by Gasteiger charge is 2.52. The van der Waals surface area contributed by atoms with Crippen LogP contribution in [0.1, 0.15) is 27.7 Å². The second-order valence-electron chi connectivity index (χ2n) is 8.88. The van der Waals surface area contributed by atoms with Crippen molar-refractivity contribution in [2.45, 2.75) is 38.9 Å². The van der Waals surface area contributed by atoms with Gasteiger partial charge in [0.15, 0.2) is 0 Å². The largest absolute Gasteiger partial charge is 0.498 e. The number of nitrogens with zero attached hydrogens (tertiary/aromatic N) is 1. The molecule has 2 heterocycles. The third-order valence-electron chi connectivity index (χ3n) is 6.56. The van der Waals surface area contributed by atoms with Crippen LogP contribution in [0.5, 0.6) is 5.75 Å². The second kappa shape index (κ2) is 6.63. The van der Waals surface area contributed by atoms with Crippen molar-refractivity contribution in [3.8, 4) is 11.4 Å². The molecule has 0 unspecified atom stereocenters. The normalized spacial score (nSPS) is 17.7. The van der Waals surface area contributed by atoms with Crippen LogP contribution < -0.4 is 10.2 Å². The maximum Gasteiger partial charge on any atom is 0.498 e. The van der Waals surface area contributed by atoms with Crippen LogP contribution in [0.2, 0.25) is 0 Å². The van der Waals surface area contributed by atoms with Crippen molar-refractivity contribution in [1.29, 1.82) is 0 Å². The van der Waals surface area contributed by atoms with Crippen LogP contribution in [-0.2, 0) is 9.31 Å². The number of aromatic nitrogens is 1. The Balaban J connectivity index is 1.72. The summed E-state index contributed by atoms with van der Waals surface area (Å²) in [6.07, 6.45) is 0. The van der Waals surface area contributed by atoms with Crippen LogP contribution in [0.3, 0.4) is 0 Å². The first-order valence-electron chi connectivity index (χ1n) is 10.3. The molecule has 5 rings (SSSR count). The standard InChI is InChI=1S/C25H26BNO3/c1-24(2)25(3,4)30-26(29-24)20-16-17(14-15-23(20)28-5)27-21-12-8-6-10-18(21)19-11-7-9-13-22(19)27/h6-16H,1-5H3. The van der Waals surface area contributed by atoms with E-state index in [-0.39, 0.29) is 0 Å². The van der Waals surface area contributed by atoms with Crippen LogP contribution in [0.25, 0.3) is 27.5 Å². The van der Waals surface area contributed by atoms with E-state index >= 15 is 0 Å². The first kappa shape index (κ1) is 19.2. The topological polar surface area (TPSA) is 32.6 Å². The molecule has 0 atom stereocenters. The van der Waals surface area contributed by atoms with Gasteiger partial charge in [0.1, 0.15) is 5.75 Å². The monoisotopic (exact) mass is 399 g/mol. The van der Waals surface area contributed by atoms with Crippen LogP contribution >= 0.6 is 0 Å². The maximum atomic E-state index is 6.33. The van der Waals surface area contributed by atoms with Gasteiger partial charge < -0.3 is 18.6 Å². The van der Waals surface area contributed by atoms with Gasteiger partial charge in [-0.25, -0.2) is 0 Å². The van der Waals surface area contributed by atoms with Crippen molar-refractivity contribution in [1.82, 2.24) is 4.57 Å². The van der Waals surface area contributed by atoms with Gasteiger partial charge in [-0.05, 0) is 58.0 Å². The van der Waals surface area contributed by atoms with E-state index in [4.69, 9.17) is 14.0 Å². The van der Waals surface area contributed by atoms with E-state index in [2.05, 4.69) is 92.9 Å². The molecule has 1 fully saturated rings. The number of hydrogen-bond acceptors (Lipinski definition) is 3. The fourth-order valence-electron chi connectivity index (χ4n) is 4.22. The molecule has 0 bridgehead atoms. The van der Waals surface area contributed by atoms with Crippen LogP contribution in [0, 0.1) is 0 Å². The molecular formula is C25H26BNO3. The number of ether oxygens (including phenoxy) is 1. The summed E-state index contributed by atoms with van der Waals surface area (Å²) >= 11 is 0. The van der Waals surface area contributed by atoms with Crippen molar-refractivity contribution in [3.05, 3.63) is 66.7 Å². The minimum Gasteiger partial charge on any atom is -0.497 e. The number of rotatable bonds is 3. The zero-order valence-electron chi connectivity index (χ0n) is 18.1. The molecule has 4 nitrogen and oxygen atoms in total. The second-order valence-corrected chi connectivity index (χ2v) is 8.88. The predicted molar refractivity (Wildman–Crippen MR) is 123 cm³/mol. The fraction of sp³-hybridized carbons (Fsp3) is 0.280. The van der Waals surface area contributed by atoms with Crippen LogP contribution in [-0.4, -0.2) is 30.0 Å². The van der Waals surface area contributed by atoms with Gasteiger partial charge in [0.05, 0.1) is 29.3 Å². The molecule has 0 saturated carbocycles. The molecule has 0 N–H and O–H groups in total. The van der Waals surface area contributed by atoms with E-state index in [1.165, 1.54) is 21.8 Å². The number of para-hydroxylation sites is 2. The molecule has 0 amide bonds. The highest BCUT2D eigenvalue weighted by molar-refractivity contribution is 6.63. The van der Waals surface area contributed by atoms with E-state index in [0.717, 1.165) is 16.9 Å². The average Bonchev–Trinajstić information content (AvgIpc) is 3.18. The van der Waals surface area contributed by atoms with Gasteiger partial charge in [0.25, 0.3) is 0 Å². The van der Waals surface area contributed by atoms with Crippen molar-refractivity contribution in [2.75, 3.05) is 7.11 Å². The summed E-state index contributed by atoms with van der Waals surface area (Å²) in [4.78, 5) is 0. The first-order valence-corrected chi connectivity index (χ1v) is 10.3. The molecular weight excluding hydrogens is 373 g/mol. The summed E-state index contributed by atoms with van der Waals surface area (Å²) in [6.45, 7) is 8.26. The number of hydrogen-bond donors (Lipinski definition) is 0. The molecule has 1 saturated heterocycles. The van der Waals surface area contributed by atoms with Gasteiger partial charge in [0, 0.05) is 21.9 Å². The number of benzene rings is 3. The van der Waals surface area contributed by atoms with E-state index in [9.17, 15) is 0 Å². The van der Waals surface area contributed by atoms with Crippen molar-refractivity contribution < 1.29 is 14.0 Å². The molecule has 0 radical (unpaired) electrons. The van der Waals surface area contributed by atoms with Gasteiger partial charge in [-0.2, -0.15) is 0 Å². The smallest absolute Gasteiger partial charge is 0.497 e. The Morgan fingerprint density at radius 2 is 1.30 bits per heavy atom. The summed E-state index contributed by atoms with van der Waals surface area (Å²) in [6, 6.07) is 23.2. The van der Waals surface area contributed by atoms with E-state index in [1.54, 1.807) is 7.11 Å². The van der Waals surface area contributed by atoms with Crippen molar-refractivity contribution in [2.24, 2.45) is 0 Å². The summed E-state index contributed by atoms with van der Waals surface area (Å²) in [5.41, 5.74) is 3.47. The number of fused-ring (bicyclic) bond motifs is 3. The number of methoxy groups -OCH3 is 1. The molecule has 1 aliphatic rings. The highest BCUT2D eigenvalue weighted by Crippen LogP contribution is 2.38. The summed E-state index contributed by atoms with van der Waals surface area (Å²) < 4.78 is 20.6. The molecule has 0 spiro atoms. The Hall–Kier alpha value is -2.76. The third-order valence-corrected chi connectivity index (χ3v) is 6.56. The Bertz CT molecular complexity index is 1190. The van der Waals surface area contributed by atoms with E-state index in [0.29, 0.717) is 0 Å². The summed E-state index contributed by atoms with van der Waals surface area (Å²) in [7, 11) is 1.20.